The number of rotatable bonds is 9. The summed E-state index contributed by atoms with van der Waals surface area (Å²) < 4.78 is 11.2. The van der Waals surface area contributed by atoms with Crippen LogP contribution in [0.15, 0.2) is 103 Å². The van der Waals surface area contributed by atoms with Gasteiger partial charge in [-0.3, -0.25) is 24.3 Å². The topological polar surface area (TPSA) is 106 Å². The van der Waals surface area contributed by atoms with Gasteiger partial charge in [0.15, 0.2) is 0 Å². The van der Waals surface area contributed by atoms with Crippen LogP contribution >= 0.6 is 0 Å². The number of aryl methyl sites for hydroxylation is 1. The number of aliphatic hydroxyl groups is 1. The molecule has 0 radical (unpaired) electrons. The van der Waals surface area contributed by atoms with E-state index in [4.69, 9.17) is 9.47 Å². The third kappa shape index (κ3) is 6.48. The molecule has 0 bridgehead atoms. The number of ether oxygens (including phenoxy) is 2. The van der Waals surface area contributed by atoms with Crippen LogP contribution in [0.4, 0.5) is 5.69 Å². The molecule has 5 rings (SSSR count). The first kappa shape index (κ1) is 29.3. The minimum atomic E-state index is -0.917. The molecular weight excluding hydrogens is 544 g/mol. The second kappa shape index (κ2) is 12.7. The van der Waals surface area contributed by atoms with Gasteiger partial charge in [-0.05, 0) is 79.4 Å². The van der Waals surface area contributed by atoms with Crippen LogP contribution in [0.5, 0.6) is 5.75 Å². The first-order chi connectivity index (χ1) is 20.7. The number of Topliss-reactive ketones (excluding diaryl/α,β-unsaturated/α-hetero) is 1. The third-order valence-electron chi connectivity index (χ3n) is 7.06. The molecule has 1 aromatic heterocycles. The van der Waals surface area contributed by atoms with Crippen LogP contribution in [0.3, 0.4) is 0 Å². The van der Waals surface area contributed by atoms with Gasteiger partial charge in [0.05, 0.1) is 24.1 Å². The van der Waals surface area contributed by atoms with Gasteiger partial charge in [0.2, 0.25) is 0 Å². The van der Waals surface area contributed by atoms with Gasteiger partial charge in [0, 0.05) is 23.6 Å². The molecule has 4 aromatic rings. The quantitative estimate of drug-likeness (QED) is 0.111. The molecule has 1 aliphatic rings. The second-order valence-corrected chi connectivity index (χ2v) is 10.6. The van der Waals surface area contributed by atoms with Crippen molar-refractivity contribution in [2.75, 3.05) is 4.90 Å². The minimum absolute atomic E-state index is 0.0417. The number of aliphatic hydroxyl groups excluding tert-OH is 1. The molecule has 8 heteroatoms. The van der Waals surface area contributed by atoms with E-state index >= 15 is 0 Å². The molecule has 1 fully saturated rings. The van der Waals surface area contributed by atoms with Crippen LogP contribution in [0, 0.1) is 6.92 Å². The molecule has 0 saturated carbocycles. The molecule has 0 aliphatic carbocycles. The Kier molecular flexibility index (Phi) is 8.66. The molecule has 1 saturated heterocycles. The summed E-state index contributed by atoms with van der Waals surface area (Å²) in [5, 5.41) is 11.5. The number of hydrogen-bond donors (Lipinski definition) is 1. The highest BCUT2D eigenvalue weighted by atomic mass is 16.5. The Labute approximate surface area is 250 Å². The molecule has 3 aromatic carbocycles. The summed E-state index contributed by atoms with van der Waals surface area (Å²) in [7, 11) is 0. The maximum absolute atomic E-state index is 13.5. The second-order valence-electron chi connectivity index (χ2n) is 10.6. The van der Waals surface area contributed by atoms with Gasteiger partial charge in [-0.2, -0.15) is 0 Å². The SMILES string of the molecule is Cc1cc(/C(O)=C2/C(=O)C(=O)N(c3ccc(CC(=O)OC(C)C)cc3)C2c2cccnc2)ccc1OCc1ccccc1. The van der Waals surface area contributed by atoms with Crippen LogP contribution in [0.25, 0.3) is 5.76 Å². The Morgan fingerprint density at radius 1 is 0.953 bits per heavy atom. The van der Waals surface area contributed by atoms with E-state index in [1.807, 2.05) is 37.3 Å². The number of pyridine rings is 1. The van der Waals surface area contributed by atoms with E-state index in [0.717, 1.165) is 11.1 Å². The van der Waals surface area contributed by atoms with Crippen LogP contribution in [0.2, 0.25) is 0 Å². The van der Waals surface area contributed by atoms with Crippen molar-refractivity contribution in [3.63, 3.8) is 0 Å². The number of nitrogens with zero attached hydrogens (tertiary/aromatic N) is 2. The first-order valence-corrected chi connectivity index (χ1v) is 14.0. The van der Waals surface area contributed by atoms with E-state index < -0.39 is 17.7 Å². The number of benzene rings is 3. The fourth-order valence-corrected chi connectivity index (χ4v) is 5.05. The highest BCUT2D eigenvalue weighted by molar-refractivity contribution is 6.51. The zero-order valence-corrected chi connectivity index (χ0v) is 24.2. The number of amides is 1. The van der Waals surface area contributed by atoms with Gasteiger partial charge in [-0.25, -0.2) is 0 Å². The number of carbonyl (C=O) groups excluding carboxylic acids is 3. The number of ketones is 1. The lowest BCUT2D eigenvalue weighted by atomic mass is 9.95. The fourth-order valence-electron chi connectivity index (χ4n) is 5.05. The summed E-state index contributed by atoms with van der Waals surface area (Å²) in [6.07, 6.45) is 3.02. The number of aromatic nitrogens is 1. The number of hydrogen-bond acceptors (Lipinski definition) is 7. The summed E-state index contributed by atoms with van der Waals surface area (Å²) in [6.45, 7) is 5.81. The molecule has 0 spiro atoms. The third-order valence-corrected chi connectivity index (χ3v) is 7.06. The average Bonchev–Trinajstić information content (AvgIpc) is 3.27. The lowest BCUT2D eigenvalue weighted by Gasteiger charge is -2.25. The minimum Gasteiger partial charge on any atom is -0.507 e. The summed E-state index contributed by atoms with van der Waals surface area (Å²) in [6, 6.07) is 24.2. The largest absolute Gasteiger partial charge is 0.507 e. The smallest absolute Gasteiger partial charge is 0.310 e. The lowest BCUT2D eigenvalue weighted by Crippen LogP contribution is -2.29. The van der Waals surface area contributed by atoms with Crippen molar-refractivity contribution in [3.05, 3.63) is 131 Å². The van der Waals surface area contributed by atoms with E-state index in [9.17, 15) is 19.5 Å². The van der Waals surface area contributed by atoms with Gasteiger partial charge < -0.3 is 14.6 Å². The summed E-state index contributed by atoms with van der Waals surface area (Å²) in [5.74, 6) is -1.59. The van der Waals surface area contributed by atoms with Crippen molar-refractivity contribution in [1.82, 2.24) is 4.98 Å². The van der Waals surface area contributed by atoms with Gasteiger partial charge in [0.1, 0.15) is 18.1 Å². The van der Waals surface area contributed by atoms with Crippen molar-refractivity contribution < 1.29 is 29.0 Å². The zero-order valence-electron chi connectivity index (χ0n) is 24.2. The zero-order chi connectivity index (χ0) is 30.5. The molecule has 1 atom stereocenters. The highest BCUT2D eigenvalue weighted by Crippen LogP contribution is 2.42. The molecule has 1 N–H and O–H groups in total. The summed E-state index contributed by atoms with van der Waals surface area (Å²) in [4.78, 5) is 44.6. The van der Waals surface area contributed by atoms with E-state index in [1.165, 1.54) is 4.90 Å². The van der Waals surface area contributed by atoms with Gasteiger partial charge in [0.25, 0.3) is 11.7 Å². The van der Waals surface area contributed by atoms with Crippen LogP contribution in [-0.4, -0.2) is 33.9 Å². The number of esters is 1. The van der Waals surface area contributed by atoms with E-state index in [2.05, 4.69) is 4.98 Å². The molecule has 8 nitrogen and oxygen atoms in total. The maximum Gasteiger partial charge on any atom is 0.310 e. The predicted octanol–water partition coefficient (Wildman–Crippen LogP) is 6.09. The molecule has 1 amide bonds. The maximum atomic E-state index is 13.5. The Morgan fingerprint density at radius 3 is 2.35 bits per heavy atom. The van der Waals surface area contributed by atoms with Gasteiger partial charge in [-0.15, -0.1) is 0 Å². The molecular formula is C35H32N2O6. The molecule has 43 heavy (non-hydrogen) atoms. The van der Waals surface area contributed by atoms with Gasteiger partial charge in [-0.1, -0.05) is 48.5 Å². The highest BCUT2D eigenvalue weighted by Gasteiger charge is 2.47. The van der Waals surface area contributed by atoms with Crippen molar-refractivity contribution in [2.45, 2.75) is 45.9 Å². The molecule has 218 valence electrons. The predicted molar refractivity (Wildman–Crippen MR) is 162 cm³/mol. The van der Waals surface area contributed by atoms with Crippen molar-refractivity contribution in [3.8, 4) is 5.75 Å². The monoisotopic (exact) mass is 576 g/mol. The average molecular weight is 577 g/mol. The fraction of sp³-hybridized carbons (Fsp3) is 0.200. The standard InChI is InChI=1S/C35H32N2O6/c1-22(2)43-30(38)19-24-11-14-28(15-12-24)37-32(27-10-7-17-36-20-27)31(34(40)35(37)41)33(39)26-13-16-29(23(3)18-26)42-21-25-8-5-4-6-9-25/h4-18,20,22,32,39H,19,21H2,1-3H3/b33-31-. The van der Waals surface area contributed by atoms with Crippen LogP contribution in [0.1, 0.15) is 47.7 Å². The Balaban J connectivity index is 1.48. The number of anilines is 1. The van der Waals surface area contributed by atoms with Crippen molar-refractivity contribution in [2.24, 2.45) is 0 Å². The molecule has 1 unspecified atom stereocenters. The Hall–Kier alpha value is -5.24. The molecule has 1 aliphatic heterocycles. The van der Waals surface area contributed by atoms with Crippen molar-refractivity contribution >= 4 is 29.1 Å². The van der Waals surface area contributed by atoms with Crippen molar-refractivity contribution in [1.29, 1.82) is 0 Å². The van der Waals surface area contributed by atoms with Crippen LogP contribution < -0.4 is 9.64 Å². The van der Waals surface area contributed by atoms with Gasteiger partial charge >= 0.3 is 5.97 Å². The molecule has 2 heterocycles. The van der Waals surface area contributed by atoms with E-state index in [-0.39, 0.29) is 29.8 Å². The number of carbonyl (C=O) groups is 3. The van der Waals surface area contributed by atoms with Crippen LogP contribution in [-0.2, 0) is 32.1 Å². The Bertz CT molecular complexity index is 1660. The van der Waals surface area contributed by atoms with E-state index in [0.29, 0.717) is 34.7 Å². The summed E-state index contributed by atoms with van der Waals surface area (Å²) >= 11 is 0. The normalized spacial score (nSPS) is 16.0. The lowest BCUT2D eigenvalue weighted by molar-refractivity contribution is -0.146. The first-order valence-electron chi connectivity index (χ1n) is 14.0. The Morgan fingerprint density at radius 2 is 1.70 bits per heavy atom. The summed E-state index contributed by atoms with van der Waals surface area (Å²) in [5.41, 5.74) is 3.83. The van der Waals surface area contributed by atoms with E-state index in [1.54, 1.807) is 80.8 Å².